The van der Waals surface area contributed by atoms with Crippen molar-refractivity contribution in [3.05, 3.63) is 28.8 Å². The minimum Gasteiger partial charge on any atom is -0.496 e. The van der Waals surface area contributed by atoms with Gasteiger partial charge in [-0.25, -0.2) is 0 Å². The van der Waals surface area contributed by atoms with Gasteiger partial charge >= 0.3 is 0 Å². The molecule has 0 saturated heterocycles. The van der Waals surface area contributed by atoms with Gasteiger partial charge in [0.1, 0.15) is 5.75 Å². The van der Waals surface area contributed by atoms with Crippen molar-refractivity contribution < 1.29 is 4.74 Å². The highest BCUT2D eigenvalue weighted by Crippen LogP contribution is 2.25. The maximum absolute atomic E-state index is 5.39. The topological polar surface area (TPSA) is 9.23 Å². The van der Waals surface area contributed by atoms with E-state index < -0.39 is 0 Å². The molecule has 0 spiro atoms. The zero-order valence-corrected chi connectivity index (χ0v) is 10.6. The molecule has 0 aromatic heterocycles. The van der Waals surface area contributed by atoms with Gasteiger partial charge < -0.3 is 4.74 Å². The molecule has 14 heavy (non-hydrogen) atoms. The van der Waals surface area contributed by atoms with Gasteiger partial charge in [-0.1, -0.05) is 22.0 Å². The van der Waals surface area contributed by atoms with Gasteiger partial charge in [0.25, 0.3) is 0 Å². The van der Waals surface area contributed by atoms with Crippen LogP contribution >= 0.6 is 15.9 Å². The second-order valence-electron chi connectivity index (χ2n) is 3.56. The largest absolute Gasteiger partial charge is 0.496 e. The molecular formula is C12H17BrO. The molecule has 0 aliphatic heterocycles. The maximum Gasteiger partial charge on any atom is 0.122 e. The van der Waals surface area contributed by atoms with Gasteiger partial charge in [-0.3, -0.25) is 0 Å². The van der Waals surface area contributed by atoms with Crippen LogP contribution in [0.4, 0.5) is 0 Å². The van der Waals surface area contributed by atoms with Gasteiger partial charge in [0.2, 0.25) is 0 Å². The van der Waals surface area contributed by atoms with E-state index in [4.69, 9.17) is 4.74 Å². The van der Waals surface area contributed by atoms with E-state index in [2.05, 4.69) is 41.9 Å². The number of methoxy groups -OCH3 is 1. The van der Waals surface area contributed by atoms with Crippen LogP contribution in [0.5, 0.6) is 5.75 Å². The lowest BCUT2D eigenvalue weighted by atomic mass is 10.0. The third-order valence-electron chi connectivity index (χ3n) is 2.36. The number of halogens is 1. The molecule has 0 atom stereocenters. The predicted molar refractivity (Wildman–Crippen MR) is 64.6 cm³/mol. The number of hydrogen-bond acceptors (Lipinski definition) is 1. The Morgan fingerprint density at radius 2 is 2.00 bits per heavy atom. The molecule has 0 heterocycles. The van der Waals surface area contributed by atoms with E-state index >= 15 is 0 Å². The predicted octanol–water partition coefficient (Wildman–Crippen LogP) is 3.64. The smallest absolute Gasteiger partial charge is 0.122 e. The van der Waals surface area contributed by atoms with Crippen LogP contribution < -0.4 is 4.74 Å². The van der Waals surface area contributed by atoms with Crippen molar-refractivity contribution in [1.82, 2.24) is 0 Å². The van der Waals surface area contributed by atoms with Gasteiger partial charge in [-0.2, -0.15) is 0 Å². The average Bonchev–Trinajstić information content (AvgIpc) is 2.15. The molecule has 0 fully saturated rings. The highest BCUT2D eigenvalue weighted by atomic mass is 79.9. The third-order valence-corrected chi connectivity index (χ3v) is 2.92. The standard InChI is InChI=1S/C12H17BrO/c1-9-7-10(2)11(5-4-6-13)12(8-9)14-3/h7-8H,4-6H2,1-3H3. The van der Waals surface area contributed by atoms with E-state index in [1.54, 1.807) is 7.11 Å². The molecule has 1 aromatic rings. The van der Waals surface area contributed by atoms with Crippen molar-refractivity contribution in [2.45, 2.75) is 26.7 Å². The highest BCUT2D eigenvalue weighted by Gasteiger charge is 2.06. The van der Waals surface area contributed by atoms with Crippen molar-refractivity contribution in [3.63, 3.8) is 0 Å². The number of benzene rings is 1. The molecule has 78 valence electrons. The van der Waals surface area contributed by atoms with Crippen LogP contribution in [0, 0.1) is 13.8 Å². The van der Waals surface area contributed by atoms with Gasteiger partial charge in [-0.05, 0) is 49.4 Å². The van der Waals surface area contributed by atoms with Gasteiger partial charge in [0.05, 0.1) is 7.11 Å². The molecule has 0 unspecified atom stereocenters. The molecule has 0 N–H and O–H groups in total. The Balaban J connectivity index is 2.99. The SMILES string of the molecule is COc1cc(C)cc(C)c1CCCBr. The molecule has 1 nitrogen and oxygen atoms in total. The minimum atomic E-state index is 1.03. The van der Waals surface area contributed by atoms with E-state index in [0.29, 0.717) is 0 Å². The van der Waals surface area contributed by atoms with Gasteiger partial charge in [-0.15, -0.1) is 0 Å². The number of ether oxygens (including phenoxy) is 1. The van der Waals surface area contributed by atoms with Crippen LogP contribution in [0.2, 0.25) is 0 Å². The first-order valence-corrected chi connectivity index (χ1v) is 6.01. The summed E-state index contributed by atoms with van der Waals surface area (Å²) in [6, 6.07) is 4.32. The van der Waals surface area contributed by atoms with E-state index in [1.165, 1.54) is 16.7 Å². The Morgan fingerprint density at radius 3 is 2.57 bits per heavy atom. The lowest BCUT2D eigenvalue weighted by molar-refractivity contribution is 0.408. The van der Waals surface area contributed by atoms with E-state index in [-0.39, 0.29) is 0 Å². The van der Waals surface area contributed by atoms with Crippen molar-refractivity contribution in [2.75, 3.05) is 12.4 Å². The molecule has 1 aromatic carbocycles. The first-order chi connectivity index (χ1) is 6.69. The Morgan fingerprint density at radius 1 is 1.29 bits per heavy atom. The van der Waals surface area contributed by atoms with Crippen LogP contribution in [0.15, 0.2) is 12.1 Å². The quantitative estimate of drug-likeness (QED) is 0.748. The molecule has 1 rings (SSSR count). The minimum absolute atomic E-state index is 1.03. The zero-order valence-electron chi connectivity index (χ0n) is 9.06. The van der Waals surface area contributed by atoms with Crippen molar-refractivity contribution in [3.8, 4) is 5.75 Å². The summed E-state index contributed by atoms with van der Waals surface area (Å²) in [5.41, 5.74) is 3.95. The lowest BCUT2D eigenvalue weighted by Gasteiger charge is -2.12. The normalized spacial score (nSPS) is 10.3. The average molecular weight is 257 g/mol. The fraction of sp³-hybridized carbons (Fsp3) is 0.500. The van der Waals surface area contributed by atoms with Crippen molar-refractivity contribution in [2.24, 2.45) is 0 Å². The summed E-state index contributed by atoms with van der Waals surface area (Å²) < 4.78 is 5.39. The molecular weight excluding hydrogens is 240 g/mol. The molecule has 0 bridgehead atoms. The fourth-order valence-corrected chi connectivity index (χ4v) is 1.98. The summed E-state index contributed by atoms with van der Waals surface area (Å²) in [5.74, 6) is 1.03. The number of hydrogen-bond donors (Lipinski definition) is 0. The Labute approximate surface area is 94.6 Å². The monoisotopic (exact) mass is 256 g/mol. The summed E-state index contributed by atoms with van der Waals surface area (Å²) in [6.07, 6.45) is 2.24. The summed E-state index contributed by atoms with van der Waals surface area (Å²) in [4.78, 5) is 0. The summed E-state index contributed by atoms with van der Waals surface area (Å²) in [5, 5.41) is 1.05. The maximum atomic E-state index is 5.39. The van der Waals surface area contributed by atoms with Crippen molar-refractivity contribution >= 4 is 15.9 Å². The molecule has 0 aliphatic rings. The summed E-state index contributed by atoms with van der Waals surface area (Å²) >= 11 is 3.45. The van der Waals surface area contributed by atoms with E-state index in [0.717, 1.165) is 23.9 Å². The number of aryl methyl sites for hydroxylation is 2. The van der Waals surface area contributed by atoms with Crippen LogP contribution in [0.3, 0.4) is 0 Å². The summed E-state index contributed by atoms with van der Waals surface area (Å²) in [6.45, 7) is 4.25. The van der Waals surface area contributed by atoms with Gasteiger partial charge in [0.15, 0.2) is 0 Å². The third kappa shape index (κ3) is 2.74. The molecule has 0 aliphatic carbocycles. The van der Waals surface area contributed by atoms with Crippen LogP contribution in [0.25, 0.3) is 0 Å². The van der Waals surface area contributed by atoms with Crippen molar-refractivity contribution in [1.29, 1.82) is 0 Å². The Hall–Kier alpha value is -0.500. The van der Waals surface area contributed by atoms with E-state index in [1.807, 2.05) is 0 Å². The molecule has 0 amide bonds. The number of rotatable bonds is 4. The fourth-order valence-electron chi connectivity index (χ4n) is 1.70. The lowest BCUT2D eigenvalue weighted by Crippen LogP contribution is -1.97. The number of alkyl halides is 1. The first kappa shape index (κ1) is 11.6. The Bertz CT molecular complexity index is 307. The van der Waals surface area contributed by atoms with Gasteiger partial charge in [0, 0.05) is 5.33 Å². The van der Waals surface area contributed by atoms with Crippen LogP contribution in [-0.4, -0.2) is 12.4 Å². The first-order valence-electron chi connectivity index (χ1n) is 4.89. The van der Waals surface area contributed by atoms with Crippen LogP contribution in [0.1, 0.15) is 23.1 Å². The Kier molecular flexibility index (Phi) is 4.46. The molecule has 0 saturated carbocycles. The molecule has 0 radical (unpaired) electrons. The highest BCUT2D eigenvalue weighted by molar-refractivity contribution is 9.09. The summed E-state index contributed by atoms with van der Waals surface area (Å²) in [7, 11) is 1.74. The van der Waals surface area contributed by atoms with E-state index in [9.17, 15) is 0 Å². The second kappa shape index (κ2) is 5.40. The molecule has 2 heteroatoms. The second-order valence-corrected chi connectivity index (χ2v) is 4.35. The van der Waals surface area contributed by atoms with Crippen LogP contribution in [-0.2, 0) is 6.42 Å². The zero-order chi connectivity index (χ0) is 10.6.